The highest BCUT2D eigenvalue weighted by Crippen LogP contribution is 2.29. The van der Waals surface area contributed by atoms with Gasteiger partial charge in [-0.15, -0.1) is 0 Å². The van der Waals surface area contributed by atoms with E-state index in [-0.39, 0.29) is 17.9 Å². The summed E-state index contributed by atoms with van der Waals surface area (Å²) in [6.45, 7) is 0.0509. The van der Waals surface area contributed by atoms with Gasteiger partial charge in [0.05, 0.1) is 23.0 Å². The average Bonchev–Trinajstić information content (AvgIpc) is 2.85. The van der Waals surface area contributed by atoms with Gasteiger partial charge in [0.15, 0.2) is 0 Å². The summed E-state index contributed by atoms with van der Waals surface area (Å²) in [4.78, 5) is 0.154. The first-order chi connectivity index (χ1) is 9.45. The molecule has 20 heavy (non-hydrogen) atoms. The Kier molecular flexibility index (Phi) is 4.43. The second-order valence-corrected chi connectivity index (χ2v) is 7.00. The summed E-state index contributed by atoms with van der Waals surface area (Å²) in [7, 11) is -3.61. The van der Waals surface area contributed by atoms with Gasteiger partial charge in [-0.1, -0.05) is 25.0 Å². The molecule has 1 aromatic rings. The second-order valence-electron chi connectivity index (χ2n) is 5.23. The first-order valence-electron chi connectivity index (χ1n) is 6.63. The molecule has 1 aromatic carbocycles. The number of rotatable bonds is 5. The highest BCUT2D eigenvalue weighted by molar-refractivity contribution is 7.89. The number of aliphatic hydroxyl groups is 1. The summed E-state index contributed by atoms with van der Waals surface area (Å²) in [5.74, 6) is 0. The van der Waals surface area contributed by atoms with Gasteiger partial charge in [-0.25, -0.2) is 13.1 Å². The van der Waals surface area contributed by atoms with Gasteiger partial charge in [0, 0.05) is 6.54 Å². The third kappa shape index (κ3) is 3.57. The summed E-state index contributed by atoms with van der Waals surface area (Å²) < 4.78 is 26.7. The van der Waals surface area contributed by atoms with Crippen LogP contribution < -0.4 is 4.72 Å². The average molecular weight is 294 g/mol. The summed E-state index contributed by atoms with van der Waals surface area (Å²) >= 11 is 0. The molecular formula is C14H18N2O3S. The first-order valence-corrected chi connectivity index (χ1v) is 8.11. The first kappa shape index (κ1) is 15.0. The van der Waals surface area contributed by atoms with Crippen LogP contribution in [-0.4, -0.2) is 25.7 Å². The van der Waals surface area contributed by atoms with Gasteiger partial charge in [-0.2, -0.15) is 5.26 Å². The van der Waals surface area contributed by atoms with Crippen molar-refractivity contribution in [3.8, 4) is 6.07 Å². The summed E-state index contributed by atoms with van der Waals surface area (Å²) in [6.07, 6.45) is 3.39. The van der Waals surface area contributed by atoms with Gasteiger partial charge in [0.25, 0.3) is 0 Å². The van der Waals surface area contributed by atoms with E-state index in [1.54, 1.807) is 12.1 Å². The maximum absolute atomic E-state index is 12.1. The molecule has 5 nitrogen and oxygen atoms in total. The fourth-order valence-electron chi connectivity index (χ4n) is 2.40. The van der Waals surface area contributed by atoms with Crippen molar-refractivity contribution in [1.82, 2.24) is 4.72 Å². The third-order valence-electron chi connectivity index (χ3n) is 3.64. The van der Waals surface area contributed by atoms with E-state index in [2.05, 4.69) is 4.72 Å². The van der Waals surface area contributed by atoms with Crippen molar-refractivity contribution < 1.29 is 13.5 Å². The van der Waals surface area contributed by atoms with E-state index in [9.17, 15) is 13.5 Å². The normalized spacial score (nSPS) is 17.8. The van der Waals surface area contributed by atoms with Crippen LogP contribution in [0.5, 0.6) is 0 Å². The van der Waals surface area contributed by atoms with E-state index in [1.165, 1.54) is 12.1 Å². The van der Waals surface area contributed by atoms with Crippen molar-refractivity contribution in [3.63, 3.8) is 0 Å². The van der Waals surface area contributed by atoms with Crippen LogP contribution in [0.3, 0.4) is 0 Å². The molecule has 0 unspecified atom stereocenters. The van der Waals surface area contributed by atoms with Gasteiger partial charge < -0.3 is 5.11 Å². The Morgan fingerprint density at radius 2 is 1.85 bits per heavy atom. The number of hydrogen-bond donors (Lipinski definition) is 2. The molecule has 1 saturated carbocycles. The highest BCUT2D eigenvalue weighted by Gasteiger charge is 2.32. The minimum absolute atomic E-state index is 0.0509. The Morgan fingerprint density at radius 1 is 1.25 bits per heavy atom. The Hall–Kier alpha value is -1.42. The highest BCUT2D eigenvalue weighted by atomic mass is 32.2. The van der Waals surface area contributed by atoms with Crippen molar-refractivity contribution in [2.75, 3.05) is 6.54 Å². The third-order valence-corrected chi connectivity index (χ3v) is 5.06. The van der Waals surface area contributed by atoms with Gasteiger partial charge in [0.1, 0.15) is 0 Å². The summed E-state index contributed by atoms with van der Waals surface area (Å²) in [6, 6.07) is 8.23. The number of sulfonamides is 1. The van der Waals surface area contributed by atoms with E-state index in [0.717, 1.165) is 18.4 Å². The Balaban J connectivity index is 2.04. The molecule has 2 rings (SSSR count). The Bertz CT molecular complexity index is 596. The van der Waals surface area contributed by atoms with E-state index >= 15 is 0 Å². The van der Waals surface area contributed by atoms with Gasteiger partial charge in [-0.05, 0) is 30.5 Å². The fraction of sp³-hybridized carbons (Fsp3) is 0.500. The molecule has 1 fully saturated rings. The van der Waals surface area contributed by atoms with Crippen LogP contribution in [0.4, 0.5) is 0 Å². The molecule has 0 amide bonds. The van der Waals surface area contributed by atoms with Crippen LogP contribution in [-0.2, 0) is 16.4 Å². The van der Waals surface area contributed by atoms with Crippen molar-refractivity contribution >= 4 is 10.0 Å². The molecule has 0 bridgehead atoms. The van der Waals surface area contributed by atoms with Gasteiger partial charge in [-0.3, -0.25) is 0 Å². The lowest BCUT2D eigenvalue weighted by Crippen LogP contribution is -2.40. The number of nitriles is 1. The van der Waals surface area contributed by atoms with Crippen molar-refractivity contribution in [2.45, 2.75) is 42.6 Å². The predicted molar refractivity (Wildman–Crippen MR) is 74.4 cm³/mol. The van der Waals surface area contributed by atoms with Gasteiger partial charge >= 0.3 is 0 Å². The smallest absolute Gasteiger partial charge is 0.240 e. The zero-order valence-corrected chi connectivity index (χ0v) is 12.0. The van der Waals surface area contributed by atoms with E-state index in [1.807, 2.05) is 6.07 Å². The topological polar surface area (TPSA) is 90.2 Å². The zero-order chi connectivity index (χ0) is 14.6. The van der Waals surface area contributed by atoms with E-state index < -0.39 is 15.6 Å². The molecule has 0 spiro atoms. The number of nitrogens with zero attached hydrogens (tertiary/aromatic N) is 1. The lowest BCUT2D eigenvalue weighted by atomic mass is 10.0. The molecule has 0 saturated heterocycles. The van der Waals surface area contributed by atoms with Crippen LogP contribution in [0.25, 0.3) is 0 Å². The van der Waals surface area contributed by atoms with Crippen LogP contribution in [0.15, 0.2) is 29.2 Å². The number of nitrogens with one attached hydrogen (secondary N) is 1. The van der Waals surface area contributed by atoms with E-state index in [4.69, 9.17) is 5.26 Å². The molecule has 0 atom stereocenters. The number of hydrogen-bond acceptors (Lipinski definition) is 4. The summed E-state index contributed by atoms with van der Waals surface area (Å²) in [5, 5.41) is 18.7. The van der Waals surface area contributed by atoms with E-state index in [0.29, 0.717) is 12.8 Å². The van der Waals surface area contributed by atoms with Crippen molar-refractivity contribution in [2.24, 2.45) is 0 Å². The lowest BCUT2D eigenvalue weighted by molar-refractivity contribution is 0.0532. The molecule has 0 aromatic heterocycles. The van der Waals surface area contributed by atoms with Crippen LogP contribution in [0.1, 0.15) is 31.2 Å². The Morgan fingerprint density at radius 3 is 2.40 bits per heavy atom. The molecular weight excluding hydrogens is 276 g/mol. The minimum atomic E-state index is -3.61. The second kappa shape index (κ2) is 5.92. The standard InChI is InChI=1S/C14H18N2O3S/c15-10-7-12-3-5-13(6-4-12)20(18,19)16-11-14(17)8-1-2-9-14/h3-6,16-17H,1-2,7-9,11H2. The fourth-order valence-corrected chi connectivity index (χ4v) is 3.52. The monoisotopic (exact) mass is 294 g/mol. The van der Waals surface area contributed by atoms with Crippen molar-refractivity contribution in [1.29, 1.82) is 5.26 Å². The summed E-state index contributed by atoms with van der Waals surface area (Å²) in [5.41, 5.74) is -0.130. The molecule has 0 heterocycles. The maximum atomic E-state index is 12.1. The molecule has 1 aliphatic carbocycles. The van der Waals surface area contributed by atoms with Gasteiger partial charge in [0.2, 0.25) is 10.0 Å². The molecule has 6 heteroatoms. The quantitative estimate of drug-likeness (QED) is 0.857. The predicted octanol–water partition coefficient (Wildman–Crippen LogP) is 1.34. The molecule has 2 N–H and O–H groups in total. The van der Waals surface area contributed by atoms with Crippen molar-refractivity contribution in [3.05, 3.63) is 29.8 Å². The largest absolute Gasteiger partial charge is 0.389 e. The zero-order valence-electron chi connectivity index (χ0n) is 11.2. The molecule has 1 aliphatic rings. The maximum Gasteiger partial charge on any atom is 0.240 e. The molecule has 0 aliphatic heterocycles. The Labute approximate surface area is 119 Å². The molecule has 0 radical (unpaired) electrons. The number of benzene rings is 1. The minimum Gasteiger partial charge on any atom is -0.389 e. The SMILES string of the molecule is N#CCc1ccc(S(=O)(=O)NCC2(O)CCCC2)cc1. The van der Waals surface area contributed by atoms with Crippen LogP contribution >= 0.6 is 0 Å². The lowest BCUT2D eigenvalue weighted by Gasteiger charge is -2.22. The molecule has 108 valence electrons. The van der Waals surface area contributed by atoms with Crippen LogP contribution in [0.2, 0.25) is 0 Å². The van der Waals surface area contributed by atoms with Crippen LogP contribution in [0, 0.1) is 11.3 Å².